The van der Waals surface area contributed by atoms with Crippen LogP contribution in [0, 0.1) is 0 Å². The lowest BCUT2D eigenvalue weighted by molar-refractivity contribution is -0.145. The normalized spacial score (nSPS) is 15.3. The molecule has 116 valence electrons. The maximum atomic E-state index is 12.5. The van der Waals surface area contributed by atoms with E-state index in [1.807, 2.05) is 0 Å². The number of alkyl halides is 3. The Morgan fingerprint density at radius 2 is 2.10 bits per heavy atom. The van der Waals surface area contributed by atoms with Crippen molar-refractivity contribution in [3.63, 3.8) is 0 Å². The highest BCUT2D eigenvalue weighted by molar-refractivity contribution is 9.10. The molecule has 0 aromatic heterocycles. The number of methoxy groups -OCH3 is 1. The minimum atomic E-state index is -4.29. The molecule has 1 aromatic carbocycles. The van der Waals surface area contributed by atoms with Gasteiger partial charge >= 0.3 is 6.18 Å². The third-order valence-corrected chi connectivity index (χ3v) is 3.89. The number of carbonyl (C=O) groups excluding carboxylic acids is 1. The van der Waals surface area contributed by atoms with Gasteiger partial charge in [0.25, 0.3) is 0 Å². The number of ether oxygens (including phenoxy) is 1. The van der Waals surface area contributed by atoms with Crippen molar-refractivity contribution in [3.05, 3.63) is 28.2 Å². The van der Waals surface area contributed by atoms with Crippen molar-refractivity contribution in [2.45, 2.75) is 25.1 Å². The van der Waals surface area contributed by atoms with Gasteiger partial charge < -0.3 is 4.74 Å². The van der Waals surface area contributed by atoms with E-state index in [0.717, 1.165) is 12.8 Å². The summed E-state index contributed by atoms with van der Waals surface area (Å²) in [6, 6.07) is 4.62. The van der Waals surface area contributed by atoms with Crippen LogP contribution in [0.4, 0.5) is 13.2 Å². The van der Waals surface area contributed by atoms with Crippen LogP contribution in [0.25, 0.3) is 0 Å². The number of benzene rings is 1. The van der Waals surface area contributed by atoms with Crippen molar-refractivity contribution < 1.29 is 22.7 Å². The molecule has 0 bridgehead atoms. The Morgan fingerprint density at radius 1 is 1.43 bits per heavy atom. The van der Waals surface area contributed by atoms with E-state index < -0.39 is 12.7 Å². The molecule has 1 aliphatic carbocycles. The number of rotatable bonds is 6. The van der Waals surface area contributed by atoms with Crippen LogP contribution in [0.1, 0.15) is 23.2 Å². The molecule has 0 unspecified atom stereocenters. The van der Waals surface area contributed by atoms with E-state index in [-0.39, 0.29) is 18.4 Å². The quantitative estimate of drug-likeness (QED) is 0.720. The van der Waals surface area contributed by atoms with Gasteiger partial charge in [-0.1, -0.05) is 0 Å². The topological polar surface area (TPSA) is 29.5 Å². The van der Waals surface area contributed by atoms with Crippen molar-refractivity contribution in [3.8, 4) is 5.75 Å². The summed E-state index contributed by atoms with van der Waals surface area (Å²) in [5, 5.41) is 0. The van der Waals surface area contributed by atoms with Crippen LogP contribution in [0.3, 0.4) is 0 Å². The summed E-state index contributed by atoms with van der Waals surface area (Å²) in [6.45, 7) is -1.26. The zero-order valence-corrected chi connectivity index (χ0v) is 13.0. The molecule has 3 nitrogen and oxygen atoms in total. The van der Waals surface area contributed by atoms with Gasteiger partial charge in [-0.3, -0.25) is 9.69 Å². The van der Waals surface area contributed by atoms with Crippen LogP contribution in [-0.4, -0.2) is 43.1 Å². The second-order valence-electron chi connectivity index (χ2n) is 5.02. The van der Waals surface area contributed by atoms with Crippen LogP contribution in [-0.2, 0) is 0 Å². The molecule has 0 atom stereocenters. The molecule has 0 N–H and O–H groups in total. The number of carbonyl (C=O) groups is 1. The Bertz CT molecular complexity index is 529. The third-order valence-electron chi connectivity index (χ3n) is 3.27. The first-order valence-corrected chi connectivity index (χ1v) is 7.27. The second kappa shape index (κ2) is 6.36. The fraction of sp³-hybridized carbons (Fsp3) is 0.500. The minimum absolute atomic E-state index is 0.128. The van der Waals surface area contributed by atoms with Crippen molar-refractivity contribution in [2.24, 2.45) is 0 Å². The molecule has 0 saturated heterocycles. The maximum Gasteiger partial charge on any atom is 0.401 e. The first-order valence-electron chi connectivity index (χ1n) is 6.47. The molecule has 1 aliphatic rings. The van der Waals surface area contributed by atoms with E-state index in [2.05, 4.69) is 15.9 Å². The molecule has 1 aromatic rings. The summed E-state index contributed by atoms with van der Waals surface area (Å²) in [6.07, 6.45) is -2.85. The molecule has 0 spiro atoms. The number of halogens is 4. The molecule has 0 amide bonds. The molecule has 2 rings (SSSR count). The molecule has 0 aliphatic heterocycles. The van der Waals surface area contributed by atoms with Crippen LogP contribution < -0.4 is 4.74 Å². The summed E-state index contributed by atoms with van der Waals surface area (Å²) < 4.78 is 43.3. The standard InChI is InChI=1S/C14H15BrF3NO2/c1-21-13-5-2-9(6-11(13)15)12(20)7-19(10-3-4-10)8-14(16,17)18/h2,5-6,10H,3-4,7-8H2,1H3. The third kappa shape index (κ3) is 4.71. The largest absolute Gasteiger partial charge is 0.496 e. The Kier molecular flexibility index (Phi) is 4.93. The lowest BCUT2D eigenvalue weighted by Crippen LogP contribution is -2.39. The second-order valence-corrected chi connectivity index (χ2v) is 5.88. The maximum absolute atomic E-state index is 12.5. The van der Waals surface area contributed by atoms with Gasteiger partial charge in [0.1, 0.15) is 5.75 Å². The first-order chi connectivity index (χ1) is 9.80. The summed E-state index contributed by atoms with van der Waals surface area (Å²) in [5.41, 5.74) is 0.371. The zero-order chi connectivity index (χ0) is 15.6. The highest BCUT2D eigenvalue weighted by Gasteiger charge is 2.38. The van der Waals surface area contributed by atoms with Crippen LogP contribution in [0.2, 0.25) is 0 Å². The first kappa shape index (κ1) is 16.3. The van der Waals surface area contributed by atoms with E-state index >= 15 is 0 Å². The Labute approximate surface area is 129 Å². The van der Waals surface area contributed by atoms with E-state index in [1.165, 1.54) is 12.0 Å². The Morgan fingerprint density at radius 3 is 2.57 bits per heavy atom. The van der Waals surface area contributed by atoms with Gasteiger partial charge in [0.2, 0.25) is 0 Å². The van der Waals surface area contributed by atoms with Gasteiger partial charge in [-0.2, -0.15) is 13.2 Å². The molecule has 0 radical (unpaired) electrons. The van der Waals surface area contributed by atoms with E-state index in [0.29, 0.717) is 15.8 Å². The highest BCUT2D eigenvalue weighted by atomic mass is 79.9. The Balaban J connectivity index is 2.06. The fourth-order valence-corrected chi connectivity index (χ4v) is 2.64. The van der Waals surface area contributed by atoms with E-state index in [4.69, 9.17) is 4.74 Å². The lowest BCUT2D eigenvalue weighted by Gasteiger charge is -2.22. The Hall–Kier alpha value is -1.08. The van der Waals surface area contributed by atoms with Gasteiger partial charge in [0, 0.05) is 11.6 Å². The molecule has 1 fully saturated rings. The molecule has 1 saturated carbocycles. The predicted octanol–water partition coefficient (Wildman–Crippen LogP) is 3.67. The summed E-state index contributed by atoms with van der Waals surface area (Å²) in [5.74, 6) is 0.246. The van der Waals surface area contributed by atoms with Crippen molar-refractivity contribution in [2.75, 3.05) is 20.2 Å². The number of ketones is 1. The van der Waals surface area contributed by atoms with Crippen LogP contribution in [0.5, 0.6) is 5.75 Å². The van der Waals surface area contributed by atoms with Gasteiger partial charge in [-0.25, -0.2) is 0 Å². The van der Waals surface area contributed by atoms with Gasteiger partial charge in [-0.15, -0.1) is 0 Å². The summed E-state index contributed by atoms with van der Waals surface area (Å²) in [7, 11) is 1.50. The van der Waals surface area contributed by atoms with Crippen molar-refractivity contribution >= 4 is 21.7 Å². The number of hydrogen-bond acceptors (Lipinski definition) is 3. The average molecular weight is 366 g/mol. The monoisotopic (exact) mass is 365 g/mol. The zero-order valence-electron chi connectivity index (χ0n) is 11.4. The molecule has 7 heteroatoms. The van der Waals surface area contributed by atoms with Crippen molar-refractivity contribution in [1.29, 1.82) is 0 Å². The summed E-state index contributed by atoms with van der Waals surface area (Å²) in [4.78, 5) is 13.4. The van der Waals surface area contributed by atoms with Crippen LogP contribution in [0.15, 0.2) is 22.7 Å². The van der Waals surface area contributed by atoms with E-state index in [9.17, 15) is 18.0 Å². The molecular formula is C14H15BrF3NO2. The highest BCUT2D eigenvalue weighted by Crippen LogP contribution is 2.31. The number of nitrogens with zero attached hydrogens (tertiary/aromatic N) is 1. The average Bonchev–Trinajstić information content (AvgIpc) is 3.20. The van der Waals surface area contributed by atoms with Crippen molar-refractivity contribution in [1.82, 2.24) is 4.90 Å². The van der Waals surface area contributed by atoms with Gasteiger partial charge in [0.05, 0.1) is 24.7 Å². The summed E-state index contributed by atoms with van der Waals surface area (Å²) >= 11 is 3.26. The molecule has 21 heavy (non-hydrogen) atoms. The van der Waals surface area contributed by atoms with Gasteiger partial charge in [0.15, 0.2) is 5.78 Å². The minimum Gasteiger partial charge on any atom is -0.496 e. The molecule has 0 heterocycles. The number of hydrogen-bond donors (Lipinski definition) is 0. The van der Waals surface area contributed by atoms with Crippen LogP contribution >= 0.6 is 15.9 Å². The fourth-order valence-electron chi connectivity index (χ4n) is 2.10. The van der Waals surface area contributed by atoms with E-state index in [1.54, 1.807) is 18.2 Å². The predicted molar refractivity (Wildman–Crippen MR) is 75.7 cm³/mol. The smallest absolute Gasteiger partial charge is 0.401 e. The SMILES string of the molecule is COc1ccc(C(=O)CN(CC(F)(F)F)C2CC2)cc1Br. The van der Waals surface area contributed by atoms with Gasteiger partial charge in [-0.05, 0) is 47.0 Å². The lowest BCUT2D eigenvalue weighted by atomic mass is 10.1. The number of Topliss-reactive ketones (excluding diaryl/α,β-unsaturated/α-hetero) is 1. The molecular weight excluding hydrogens is 351 g/mol.